The molecule has 0 unspecified atom stereocenters. The molecule has 0 aliphatic carbocycles. The maximum Gasteiger partial charge on any atom is 0.224 e. The zero-order valence-electron chi connectivity index (χ0n) is 13.7. The van der Waals surface area contributed by atoms with Crippen molar-refractivity contribution in [3.05, 3.63) is 35.2 Å². The van der Waals surface area contributed by atoms with Crippen molar-refractivity contribution < 1.29 is 9.59 Å². The lowest BCUT2D eigenvalue weighted by Gasteiger charge is -2.05. The van der Waals surface area contributed by atoms with Gasteiger partial charge in [-0.15, -0.1) is 11.3 Å². The van der Waals surface area contributed by atoms with E-state index >= 15 is 0 Å². The molecule has 0 saturated heterocycles. The van der Waals surface area contributed by atoms with Crippen LogP contribution in [0.4, 0.5) is 5.69 Å². The molecule has 1 aromatic carbocycles. The number of hydrogen-bond donors (Lipinski definition) is 2. The minimum atomic E-state index is 0.0243. The summed E-state index contributed by atoms with van der Waals surface area (Å²) >= 11 is 1.43. The van der Waals surface area contributed by atoms with E-state index in [2.05, 4.69) is 22.4 Å². The van der Waals surface area contributed by atoms with Crippen LogP contribution in [0.5, 0.6) is 0 Å². The molecule has 0 aliphatic rings. The Bertz CT molecular complexity index is 895. The number of carbonyl (C=O) groups is 2. The van der Waals surface area contributed by atoms with Crippen LogP contribution in [0, 0.1) is 0 Å². The first kappa shape index (κ1) is 16.4. The minimum absolute atomic E-state index is 0.0243. The van der Waals surface area contributed by atoms with E-state index in [-0.39, 0.29) is 11.7 Å². The smallest absolute Gasteiger partial charge is 0.224 e. The number of hydrogen-bond acceptors (Lipinski definition) is 4. The van der Waals surface area contributed by atoms with Gasteiger partial charge in [-0.3, -0.25) is 14.7 Å². The highest BCUT2D eigenvalue weighted by atomic mass is 32.1. The number of carbonyl (C=O) groups excluding carboxylic acids is 2. The fourth-order valence-corrected chi connectivity index (χ4v) is 3.40. The SMILES string of the molecule is CCCCC(=O)Nc1ccc2[nH]nc(-c3ccc(C(C)=O)s3)c2c1. The number of aromatic nitrogens is 2. The van der Waals surface area contributed by atoms with E-state index in [1.54, 1.807) is 6.92 Å². The van der Waals surface area contributed by atoms with Crippen LogP contribution in [0.2, 0.25) is 0 Å². The number of aromatic amines is 1. The molecule has 24 heavy (non-hydrogen) atoms. The topological polar surface area (TPSA) is 74.8 Å². The molecule has 0 bridgehead atoms. The third-order valence-electron chi connectivity index (χ3n) is 3.79. The lowest BCUT2D eigenvalue weighted by Crippen LogP contribution is -2.10. The van der Waals surface area contributed by atoms with E-state index in [1.807, 2.05) is 30.3 Å². The Balaban J connectivity index is 1.90. The van der Waals surface area contributed by atoms with E-state index in [4.69, 9.17) is 0 Å². The fraction of sp³-hybridized carbons (Fsp3) is 0.278. The molecule has 0 spiro atoms. The number of nitrogens with zero attached hydrogens (tertiary/aromatic N) is 1. The van der Waals surface area contributed by atoms with Gasteiger partial charge >= 0.3 is 0 Å². The minimum Gasteiger partial charge on any atom is -0.326 e. The number of Topliss-reactive ketones (excluding diaryl/α,β-unsaturated/α-hetero) is 1. The van der Waals surface area contributed by atoms with E-state index in [9.17, 15) is 9.59 Å². The number of fused-ring (bicyclic) bond motifs is 1. The van der Waals surface area contributed by atoms with Crippen molar-refractivity contribution >= 4 is 39.6 Å². The largest absolute Gasteiger partial charge is 0.326 e. The van der Waals surface area contributed by atoms with Crippen LogP contribution in [-0.2, 0) is 4.79 Å². The maximum atomic E-state index is 11.9. The van der Waals surface area contributed by atoms with Crippen LogP contribution >= 0.6 is 11.3 Å². The molecule has 3 aromatic rings. The molecule has 3 rings (SSSR count). The Morgan fingerprint density at radius 3 is 2.79 bits per heavy atom. The van der Waals surface area contributed by atoms with E-state index in [1.165, 1.54) is 11.3 Å². The summed E-state index contributed by atoms with van der Waals surface area (Å²) < 4.78 is 0. The molecule has 0 fully saturated rings. The van der Waals surface area contributed by atoms with Crippen molar-refractivity contribution in [1.29, 1.82) is 0 Å². The van der Waals surface area contributed by atoms with Crippen LogP contribution in [0.15, 0.2) is 30.3 Å². The highest BCUT2D eigenvalue weighted by molar-refractivity contribution is 7.17. The van der Waals surface area contributed by atoms with Gasteiger partial charge in [-0.1, -0.05) is 13.3 Å². The van der Waals surface area contributed by atoms with Gasteiger partial charge in [0.05, 0.1) is 15.3 Å². The molecule has 0 radical (unpaired) electrons. The first-order valence-corrected chi connectivity index (χ1v) is 8.79. The van der Waals surface area contributed by atoms with Gasteiger partial charge in [0, 0.05) is 17.5 Å². The Labute approximate surface area is 144 Å². The second kappa shape index (κ2) is 6.97. The summed E-state index contributed by atoms with van der Waals surface area (Å²) in [6, 6.07) is 9.41. The molecular weight excluding hydrogens is 322 g/mol. The lowest BCUT2D eigenvalue weighted by molar-refractivity contribution is -0.116. The van der Waals surface area contributed by atoms with Crippen molar-refractivity contribution in [3.8, 4) is 10.6 Å². The van der Waals surface area contributed by atoms with E-state index < -0.39 is 0 Å². The van der Waals surface area contributed by atoms with Crippen LogP contribution in [-0.4, -0.2) is 21.9 Å². The van der Waals surface area contributed by atoms with Crippen LogP contribution < -0.4 is 5.32 Å². The summed E-state index contributed by atoms with van der Waals surface area (Å²) in [5, 5.41) is 11.2. The molecular formula is C18H19N3O2S. The Morgan fingerprint density at radius 2 is 2.08 bits per heavy atom. The Hall–Kier alpha value is -2.47. The summed E-state index contributed by atoms with van der Waals surface area (Å²) in [5.74, 6) is 0.0752. The van der Waals surface area contributed by atoms with Crippen LogP contribution in [0.25, 0.3) is 21.5 Å². The van der Waals surface area contributed by atoms with Gasteiger partial charge in [-0.2, -0.15) is 5.10 Å². The maximum absolute atomic E-state index is 11.9. The molecule has 0 saturated carbocycles. The molecule has 5 nitrogen and oxygen atoms in total. The molecule has 2 heterocycles. The number of ketones is 1. The second-order valence-corrected chi connectivity index (χ2v) is 6.79. The van der Waals surface area contributed by atoms with Gasteiger partial charge in [0.2, 0.25) is 5.91 Å². The number of unbranched alkanes of at least 4 members (excludes halogenated alkanes) is 1. The number of H-pyrrole nitrogens is 1. The number of anilines is 1. The predicted molar refractivity (Wildman–Crippen MR) is 97.6 cm³/mol. The summed E-state index contributed by atoms with van der Waals surface area (Å²) in [7, 11) is 0. The summed E-state index contributed by atoms with van der Waals surface area (Å²) in [4.78, 5) is 25.0. The predicted octanol–water partition coefficient (Wildman–Crippen LogP) is 4.62. The van der Waals surface area contributed by atoms with E-state index in [0.29, 0.717) is 11.3 Å². The second-order valence-electron chi connectivity index (χ2n) is 5.70. The average molecular weight is 341 g/mol. The number of nitrogens with one attached hydrogen (secondary N) is 2. The average Bonchev–Trinajstić information content (AvgIpc) is 3.19. The standard InChI is InChI=1S/C18H19N3O2S/c1-3-4-5-17(23)19-12-6-7-14-13(10-12)18(21-20-14)16-9-8-15(24-16)11(2)22/h6-10H,3-5H2,1-2H3,(H,19,23)(H,20,21). The first-order chi connectivity index (χ1) is 11.6. The molecule has 124 valence electrons. The van der Waals surface area contributed by atoms with Gasteiger partial charge in [-0.25, -0.2) is 0 Å². The first-order valence-electron chi connectivity index (χ1n) is 7.97. The Morgan fingerprint density at radius 1 is 1.25 bits per heavy atom. The molecule has 2 aromatic heterocycles. The van der Waals surface area contributed by atoms with Gasteiger partial charge < -0.3 is 5.32 Å². The number of thiophene rings is 1. The highest BCUT2D eigenvalue weighted by Gasteiger charge is 2.13. The molecule has 0 aliphatic heterocycles. The summed E-state index contributed by atoms with van der Waals surface area (Å²) in [6.45, 7) is 3.62. The third kappa shape index (κ3) is 3.38. The molecule has 2 N–H and O–H groups in total. The monoisotopic (exact) mass is 341 g/mol. The third-order valence-corrected chi connectivity index (χ3v) is 4.98. The number of benzene rings is 1. The van der Waals surface area contributed by atoms with Crippen molar-refractivity contribution in [2.45, 2.75) is 33.1 Å². The molecule has 1 amide bonds. The van der Waals surface area contributed by atoms with Crippen molar-refractivity contribution in [3.63, 3.8) is 0 Å². The molecule has 0 atom stereocenters. The van der Waals surface area contributed by atoms with Crippen LogP contribution in [0.3, 0.4) is 0 Å². The zero-order valence-corrected chi connectivity index (χ0v) is 14.5. The fourth-order valence-electron chi connectivity index (χ4n) is 2.49. The van der Waals surface area contributed by atoms with Gasteiger partial charge in [0.25, 0.3) is 0 Å². The lowest BCUT2D eigenvalue weighted by atomic mass is 10.1. The van der Waals surface area contributed by atoms with E-state index in [0.717, 1.165) is 40.0 Å². The Kier molecular flexibility index (Phi) is 4.76. The van der Waals surface area contributed by atoms with Gasteiger partial charge in [0.15, 0.2) is 5.78 Å². The number of rotatable bonds is 6. The van der Waals surface area contributed by atoms with Crippen LogP contribution in [0.1, 0.15) is 42.8 Å². The summed E-state index contributed by atoms with van der Waals surface area (Å²) in [6.07, 6.45) is 2.41. The van der Waals surface area contributed by atoms with Crippen molar-refractivity contribution in [1.82, 2.24) is 10.2 Å². The zero-order chi connectivity index (χ0) is 17.1. The quantitative estimate of drug-likeness (QED) is 0.642. The highest BCUT2D eigenvalue weighted by Crippen LogP contribution is 2.33. The number of amides is 1. The van der Waals surface area contributed by atoms with Gasteiger partial charge in [-0.05, 0) is 43.7 Å². The van der Waals surface area contributed by atoms with Crippen molar-refractivity contribution in [2.24, 2.45) is 0 Å². The molecule has 6 heteroatoms. The van der Waals surface area contributed by atoms with Crippen molar-refractivity contribution in [2.75, 3.05) is 5.32 Å². The van der Waals surface area contributed by atoms with Gasteiger partial charge in [0.1, 0.15) is 5.69 Å². The summed E-state index contributed by atoms with van der Waals surface area (Å²) in [5.41, 5.74) is 2.45. The normalized spacial score (nSPS) is 10.9.